The lowest BCUT2D eigenvalue weighted by Gasteiger charge is -2.29. The first-order valence-electron chi connectivity index (χ1n) is 12.7. The van der Waals surface area contributed by atoms with E-state index in [4.69, 9.17) is 21.1 Å². The molecule has 2 unspecified atom stereocenters. The van der Waals surface area contributed by atoms with E-state index in [1.807, 2.05) is 64.1 Å². The van der Waals surface area contributed by atoms with Gasteiger partial charge in [0.05, 0.1) is 23.4 Å². The molecule has 1 amide bonds. The zero-order chi connectivity index (χ0) is 26.5. The van der Waals surface area contributed by atoms with E-state index in [-0.39, 0.29) is 12.1 Å². The van der Waals surface area contributed by atoms with E-state index in [0.29, 0.717) is 23.9 Å². The first-order chi connectivity index (χ1) is 17.0. The molecule has 198 valence electrons. The number of aliphatic hydroxyl groups excluding tert-OH is 1. The van der Waals surface area contributed by atoms with Crippen LogP contribution in [0, 0.1) is 6.92 Å². The van der Waals surface area contributed by atoms with Gasteiger partial charge < -0.3 is 29.7 Å². The third-order valence-corrected chi connectivity index (χ3v) is 6.59. The largest absolute Gasteiger partial charge is 0.494 e. The Morgan fingerprint density at radius 2 is 1.97 bits per heavy atom. The molecular formula is C28H40ClN3O4. The van der Waals surface area contributed by atoms with Gasteiger partial charge in [0, 0.05) is 31.4 Å². The van der Waals surface area contributed by atoms with Gasteiger partial charge in [-0.05, 0) is 70.4 Å². The molecule has 1 aliphatic rings. The van der Waals surface area contributed by atoms with Crippen LogP contribution < -0.4 is 15.0 Å². The summed E-state index contributed by atoms with van der Waals surface area (Å²) in [7, 11) is 1.79. The Hall–Kier alpha value is -2.64. The van der Waals surface area contributed by atoms with Crippen molar-refractivity contribution in [3.63, 3.8) is 0 Å². The Morgan fingerprint density at radius 3 is 2.61 bits per heavy atom. The van der Waals surface area contributed by atoms with Gasteiger partial charge in [0.25, 0.3) is 0 Å². The highest BCUT2D eigenvalue weighted by molar-refractivity contribution is 6.33. The SMILES string of the molecule is CCCCOc1ccc(C(O)Nc2cc(C)c(N3CCC(N(C)C(=O)OC(C)(C)C)C3)cc2Cl)cc1. The number of nitrogens with zero attached hydrogens (tertiary/aromatic N) is 2. The molecule has 1 saturated heterocycles. The number of nitrogens with one attached hydrogen (secondary N) is 1. The van der Waals surface area contributed by atoms with Crippen LogP contribution >= 0.6 is 11.6 Å². The van der Waals surface area contributed by atoms with Gasteiger partial charge in [-0.1, -0.05) is 37.1 Å². The number of anilines is 2. The zero-order valence-corrected chi connectivity index (χ0v) is 23.1. The van der Waals surface area contributed by atoms with Crippen molar-refractivity contribution in [1.29, 1.82) is 0 Å². The number of aryl methyl sites for hydroxylation is 1. The number of halogens is 1. The summed E-state index contributed by atoms with van der Waals surface area (Å²) < 4.78 is 11.2. The number of carbonyl (C=O) groups is 1. The van der Waals surface area contributed by atoms with E-state index in [1.54, 1.807) is 11.9 Å². The summed E-state index contributed by atoms with van der Waals surface area (Å²) in [6.07, 6.45) is 1.73. The average molecular weight is 518 g/mol. The number of likely N-dealkylation sites (N-methyl/N-ethyl adjacent to an activating group) is 1. The summed E-state index contributed by atoms with van der Waals surface area (Å²) in [6, 6.07) is 11.4. The highest BCUT2D eigenvalue weighted by atomic mass is 35.5. The third kappa shape index (κ3) is 7.43. The molecule has 3 rings (SSSR count). The number of benzene rings is 2. The number of amides is 1. The summed E-state index contributed by atoms with van der Waals surface area (Å²) in [6.45, 7) is 12.0. The minimum absolute atomic E-state index is 0.0616. The lowest BCUT2D eigenvalue weighted by molar-refractivity contribution is 0.0238. The fourth-order valence-corrected chi connectivity index (χ4v) is 4.41. The maximum absolute atomic E-state index is 12.5. The van der Waals surface area contributed by atoms with Gasteiger partial charge in [-0.3, -0.25) is 0 Å². The summed E-state index contributed by atoms with van der Waals surface area (Å²) in [4.78, 5) is 16.4. The predicted molar refractivity (Wildman–Crippen MR) is 146 cm³/mol. The zero-order valence-electron chi connectivity index (χ0n) is 22.3. The van der Waals surface area contributed by atoms with E-state index < -0.39 is 11.8 Å². The molecule has 2 N–H and O–H groups in total. The van der Waals surface area contributed by atoms with E-state index >= 15 is 0 Å². The molecule has 7 nitrogen and oxygen atoms in total. The second-order valence-corrected chi connectivity index (χ2v) is 10.8. The predicted octanol–water partition coefficient (Wildman–Crippen LogP) is 6.38. The molecule has 1 aliphatic heterocycles. The molecule has 2 atom stereocenters. The highest BCUT2D eigenvalue weighted by Gasteiger charge is 2.31. The minimum atomic E-state index is -0.906. The second-order valence-electron chi connectivity index (χ2n) is 10.4. The Balaban J connectivity index is 1.63. The Morgan fingerprint density at radius 1 is 1.28 bits per heavy atom. The van der Waals surface area contributed by atoms with Crippen molar-refractivity contribution >= 4 is 29.1 Å². The lowest BCUT2D eigenvalue weighted by Crippen LogP contribution is -2.42. The van der Waals surface area contributed by atoms with Crippen LogP contribution in [0.15, 0.2) is 36.4 Å². The molecule has 1 heterocycles. The number of hydrogen-bond donors (Lipinski definition) is 2. The normalized spacial score (nSPS) is 16.6. The fourth-order valence-electron chi connectivity index (χ4n) is 4.19. The fraction of sp³-hybridized carbons (Fsp3) is 0.536. The Kier molecular flexibility index (Phi) is 9.36. The van der Waals surface area contributed by atoms with Crippen LogP contribution in [-0.2, 0) is 4.74 Å². The number of rotatable bonds is 9. The molecule has 0 saturated carbocycles. The standard InChI is InChI=1S/C28H40ClN3O4/c1-7-8-15-35-22-11-9-20(10-12-22)26(33)30-24-16-19(2)25(17-23(24)29)32-14-13-21(18-32)31(6)27(34)36-28(3,4)5/h9-12,16-17,21,26,30,33H,7-8,13-15,18H2,1-6H3. The van der Waals surface area contributed by atoms with Crippen molar-refractivity contribution in [2.24, 2.45) is 0 Å². The number of unbranched alkanes of at least 4 members (excludes halogenated alkanes) is 1. The summed E-state index contributed by atoms with van der Waals surface area (Å²) in [5, 5.41) is 14.4. The van der Waals surface area contributed by atoms with Crippen LogP contribution in [0.25, 0.3) is 0 Å². The first kappa shape index (κ1) is 27.9. The Bertz CT molecular complexity index is 1020. The van der Waals surface area contributed by atoms with Crippen LogP contribution in [0.4, 0.5) is 16.2 Å². The van der Waals surface area contributed by atoms with Crippen LogP contribution in [0.1, 0.15) is 64.3 Å². The van der Waals surface area contributed by atoms with Crippen molar-refractivity contribution in [1.82, 2.24) is 4.90 Å². The molecule has 2 aromatic rings. The van der Waals surface area contributed by atoms with Gasteiger partial charge in [0.1, 0.15) is 11.4 Å². The van der Waals surface area contributed by atoms with Crippen molar-refractivity contribution < 1.29 is 19.4 Å². The van der Waals surface area contributed by atoms with Gasteiger partial charge in [-0.15, -0.1) is 0 Å². The number of aliphatic hydroxyl groups is 1. The van der Waals surface area contributed by atoms with Crippen LogP contribution in [0.2, 0.25) is 5.02 Å². The Labute approximate surface area is 220 Å². The smallest absolute Gasteiger partial charge is 0.410 e. The second kappa shape index (κ2) is 12.1. The molecular weight excluding hydrogens is 478 g/mol. The highest BCUT2D eigenvalue weighted by Crippen LogP contribution is 2.35. The molecule has 2 aromatic carbocycles. The van der Waals surface area contributed by atoms with Gasteiger partial charge in [0.2, 0.25) is 0 Å². The molecule has 1 fully saturated rings. The van der Waals surface area contributed by atoms with Crippen LogP contribution in [0.5, 0.6) is 5.75 Å². The molecule has 36 heavy (non-hydrogen) atoms. The van der Waals surface area contributed by atoms with Crippen molar-refractivity contribution in [3.05, 3.63) is 52.5 Å². The van der Waals surface area contributed by atoms with Gasteiger partial charge in [-0.2, -0.15) is 0 Å². The van der Waals surface area contributed by atoms with E-state index in [2.05, 4.69) is 17.1 Å². The molecule has 0 aromatic heterocycles. The third-order valence-electron chi connectivity index (χ3n) is 6.27. The van der Waals surface area contributed by atoms with Crippen molar-refractivity contribution in [2.75, 3.05) is 37.0 Å². The molecule has 0 bridgehead atoms. The van der Waals surface area contributed by atoms with Crippen LogP contribution in [0.3, 0.4) is 0 Å². The summed E-state index contributed by atoms with van der Waals surface area (Å²) >= 11 is 6.62. The summed E-state index contributed by atoms with van der Waals surface area (Å²) in [5.74, 6) is 0.791. The maximum atomic E-state index is 12.5. The van der Waals surface area contributed by atoms with Crippen molar-refractivity contribution in [2.45, 2.75) is 71.8 Å². The number of ether oxygens (including phenoxy) is 2. The molecule has 0 spiro atoms. The van der Waals surface area contributed by atoms with E-state index in [9.17, 15) is 9.90 Å². The van der Waals surface area contributed by atoms with E-state index in [1.165, 1.54) is 0 Å². The topological polar surface area (TPSA) is 74.3 Å². The maximum Gasteiger partial charge on any atom is 0.410 e. The minimum Gasteiger partial charge on any atom is -0.494 e. The molecule has 0 radical (unpaired) electrons. The monoisotopic (exact) mass is 517 g/mol. The molecule has 0 aliphatic carbocycles. The first-order valence-corrected chi connectivity index (χ1v) is 13.0. The van der Waals surface area contributed by atoms with Crippen molar-refractivity contribution in [3.8, 4) is 5.75 Å². The molecule has 8 heteroatoms. The van der Waals surface area contributed by atoms with Gasteiger partial charge >= 0.3 is 6.09 Å². The number of hydrogen-bond acceptors (Lipinski definition) is 6. The lowest BCUT2D eigenvalue weighted by atomic mass is 10.1. The van der Waals surface area contributed by atoms with E-state index in [0.717, 1.165) is 48.4 Å². The average Bonchev–Trinajstić information content (AvgIpc) is 3.30. The quantitative estimate of drug-likeness (QED) is 0.297. The van der Waals surface area contributed by atoms with Gasteiger partial charge in [-0.25, -0.2) is 4.79 Å². The van der Waals surface area contributed by atoms with Gasteiger partial charge in [0.15, 0.2) is 6.23 Å². The number of carbonyl (C=O) groups excluding carboxylic acids is 1. The van der Waals surface area contributed by atoms with Crippen LogP contribution in [-0.4, -0.2) is 54.5 Å². The summed E-state index contributed by atoms with van der Waals surface area (Å²) in [5.41, 5.74) is 2.92.